The van der Waals surface area contributed by atoms with Crippen LogP contribution in [0.4, 0.5) is 0 Å². The number of hydrogen-bond acceptors (Lipinski definition) is 3. The van der Waals surface area contributed by atoms with Crippen molar-refractivity contribution in [2.45, 2.75) is 0 Å². The number of carboxylic acids is 1. The third-order valence-corrected chi connectivity index (χ3v) is 0.188. The molecule has 2 N–H and O–H groups in total. The minimum absolute atomic E-state index is 0.653. The van der Waals surface area contributed by atoms with Gasteiger partial charge in [-0.25, -0.2) is 9.68 Å². The quantitative estimate of drug-likeness (QED) is 0.358. The van der Waals surface area contributed by atoms with E-state index in [1.54, 1.807) is 0 Å². The molecule has 0 aliphatic rings. The SMILES string of the molecule is O=C(O)COO. The van der Waals surface area contributed by atoms with Crippen molar-refractivity contribution in [2.24, 2.45) is 0 Å². The molecule has 0 aliphatic carbocycles. The van der Waals surface area contributed by atoms with Gasteiger partial charge in [-0.3, -0.25) is 5.26 Å². The smallest absolute Gasteiger partial charge is 0.333 e. The molecule has 0 saturated carbocycles. The first-order chi connectivity index (χ1) is 2.77. The molecule has 0 rings (SSSR count). The maximum absolute atomic E-state index is 9.31. The van der Waals surface area contributed by atoms with Crippen molar-refractivity contribution in [3.8, 4) is 0 Å². The summed E-state index contributed by atoms with van der Waals surface area (Å²) >= 11 is 0. The summed E-state index contributed by atoms with van der Waals surface area (Å²) in [6, 6.07) is 0. The van der Waals surface area contributed by atoms with Gasteiger partial charge >= 0.3 is 5.97 Å². The molecule has 0 spiro atoms. The van der Waals surface area contributed by atoms with E-state index in [1.807, 2.05) is 0 Å². The predicted molar refractivity (Wildman–Crippen MR) is 16.2 cm³/mol. The molecule has 4 nitrogen and oxygen atoms in total. The fourth-order valence-corrected chi connectivity index (χ4v) is 0.0552. The lowest BCUT2D eigenvalue weighted by atomic mass is 10.8. The Morgan fingerprint density at radius 3 is 2.33 bits per heavy atom. The summed E-state index contributed by atoms with van der Waals surface area (Å²) < 4.78 is 0. The topological polar surface area (TPSA) is 66.8 Å². The van der Waals surface area contributed by atoms with Gasteiger partial charge in [0, 0.05) is 0 Å². The van der Waals surface area contributed by atoms with Crippen LogP contribution in [0.15, 0.2) is 0 Å². The summed E-state index contributed by atoms with van der Waals surface area (Å²) in [7, 11) is 0. The Morgan fingerprint density at radius 1 is 1.83 bits per heavy atom. The molecule has 0 atom stereocenters. The van der Waals surface area contributed by atoms with Gasteiger partial charge in [0.1, 0.15) is 0 Å². The highest BCUT2D eigenvalue weighted by Gasteiger charge is 1.89. The van der Waals surface area contributed by atoms with Crippen molar-refractivity contribution < 1.29 is 20.0 Å². The normalized spacial score (nSPS) is 8.17. The molecule has 0 aromatic rings. The van der Waals surface area contributed by atoms with E-state index in [0.29, 0.717) is 0 Å². The molecule has 36 valence electrons. The number of carboxylic acid groups (broad SMARTS) is 1. The third kappa shape index (κ3) is 3.39. The first-order valence-corrected chi connectivity index (χ1v) is 1.25. The minimum Gasteiger partial charge on any atom is -0.479 e. The lowest BCUT2D eigenvalue weighted by Gasteiger charge is -1.81. The van der Waals surface area contributed by atoms with Crippen LogP contribution in [0.2, 0.25) is 0 Å². The molecule has 0 radical (unpaired) electrons. The molecule has 0 aliphatic heterocycles. The average molecular weight is 92.0 g/mol. The number of hydrogen-bond donors (Lipinski definition) is 2. The highest BCUT2D eigenvalue weighted by Crippen LogP contribution is 1.61. The molecule has 0 bridgehead atoms. The Kier molecular flexibility index (Phi) is 2.35. The van der Waals surface area contributed by atoms with E-state index in [2.05, 4.69) is 4.89 Å². The average Bonchev–Trinajstić information content (AvgIpc) is 1.35. The van der Waals surface area contributed by atoms with Gasteiger partial charge in [-0.15, -0.1) is 0 Å². The Bertz CT molecular complexity index is 49.5. The van der Waals surface area contributed by atoms with Gasteiger partial charge < -0.3 is 5.11 Å². The second kappa shape index (κ2) is 2.62. The van der Waals surface area contributed by atoms with Crippen LogP contribution in [0.5, 0.6) is 0 Å². The molecule has 0 amide bonds. The lowest BCUT2D eigenvalue weighted by molar-refractivity contribution is -0.243. The van der Waals surface area contributed by atoms with Crippen molar-refractivity contribution in [1.29, 1.82) is 0 Å². The summed E-state index contributed by atoms with van der Waals surface area (Å²) in [6.07, 6.45) is 0. The van der Waals surface area contributed by atoms with E-state index >= 15 is 0 Å². The maximum atomic E-state index is 9.31. The van der Waals surface area contributed by atoms with Gasteiger partial charge in [0.25, 0.3) is 0 Å². The van der Waals surface area contributed by atoms with Crippen molar-refractivity contribution in [1.82, 2.24) is 0 Å². The van der Waals surface area contributed by atoms with Gasteiger partial charge in [0.15, 0.2) is 6.61 Å². The summed E-state index contributed by atoms with van der Waals surface area (Å²) in [5, 5.41) is 15.0. The molecule has 0 saturated heterocycles. The number of aliphatic carboxylic acids is 1. The Morgan fingerprint density at radius 2 is 2.33 bits per heavy atom. The number of rotatable bonds is 2. The molecule has 4 heteroatoms. The minimum atomic E-state index is -1.18. The van der Waals surface area contributed by atoms with Gasteiger partial charge in [-0.1, -0.05) is 0 Å². The van der Waals surface area contributed by atoms with E-state index in [0.717, 1.165) is 0 Å². The summed E-state index contributed by atoms with van der Waals surface area (Å²) in [6.45, 7) is -0.653. The van der Waals surface area contributed by atoms with Gasteiger partial charge in [-0.2, -0.15) is 0 Å². The van der Waals surface area contributed by atoms with Crippen molar-refractivity contribution in [2.75, 3.05) is 6.61 Å². The van der Waals surface area contributed by atoms with Crippen LogP contribution in [0.1, 0.15) is 0 Å². The molecule has 0 heterocycles. The van der Waals surface area contributed by atoms with E-state index in [-0.39, 0.29) is 0 Å². The summed E-state index contributed by atoms with van der Waals surface area (Å²) in [4.78, 5) is 12.5. The van der Waals surface area contributed by atoms with Crippen LogP contribution < -0.4 is 0 Å². The van der Waals surface area contributed by atoms with E-state index in [1.165, 1.54) is 0 Å². The Balaban J connectivity index is 2.83. The monoisotopic (exact) mass is 92.0 g/mol. The molecule has 6 heavy (non-hydrogen) atoms. The highest BCUT2D eigenvalue weighted by atomic mass is 17.1. The van der Waals surface area contributed by atoms with Crippen LogP contribution in [-0.4, -0.2) is 22.9 Å². The second-order valence-corrected chi connectivity index (χ2v) is 0.667. The molecular weight excluding hydrogens is 88.0 g/mol. The zero-order chi connectivity index (χ0) is 4.99. The largest absolute Gasteiger partial charge is 0.479 e. The van der Waals surface area contributed by atoms with Gasteiger partial charge in [-0.05, 0) is 0 Å². The van der Waals surface area contributed by atoms with Crippen LogP contribution >= 0.6 is 0 Å². The first-order valence-electron chi connectivity index (χ1n) is 1.25. The van der Waals surface area contributed by atoms with E-state index < -0.39 is 12.6 Å². The summed E-state index contributed by atoms with van der Waals surface area (Å²) in [5.41, 5.74) is 0. The third-order valence-electron chi connectivity index (χ3n) is 0.188. The molecule has 0 aromatic carbocycles. The predicted octanol–water partition coefficient (Wildman–Crippen LogP) is -0.439. The second-order valence-electron chi connectivity index (χ2n) is 0.667. The van der Waals surface area contributed by atoms with Crippen molar-refractivity contribution in [3.63, 3.8) is 0 Å². The lowest BCUT2D eigenvalue weighted by Crippen LogP contribution is -2.03. The Labute approximate surface area is 33.9 Å². The Hall–Kier alpha value is -0.610. The molecular formula is C2H4O4. The van der Waals surface area contributed by atoms with Crippen LogP contribution in [-0.2, 0) is 9.68 Å². The van der Waals surface area contributed by atoms with Gasteiger partial charge in [0.05, 0.1) is 0 Å². The summed E-state index contributed by atoms with van der Waals surface area (Å²) in [5.74, 6) is -1.18. The van der Waals surface area contributed by atoms with Crippen LogP contribution in [0, 0.1) is 0 Å². The maximum Gasteiger partial charge on any atom is 0.333 e. The zero-order valence-corrected chi connectivity index (χ0v) is 2.92. The molecule has 0 fully saturated rings. The van der Waals surface area contributed by atoms with Crippen molar-refractivity contribution >= 4 is 5.97 Å². The standard InChI is InChI=1S/C2H4O4/c3-2(4)1-6-5/h5H,1H2,(H,3,4). The fourth-order valence-electron chi connectivity index (χ4n) is 0.0552. The number of carbonyl (C=O) groups is 1. The van der Waals surface area contributed by atoms with Crippen LogP contribution in [0.25, 0.3) is 0 Å². The van der Waals surface area contributed by atoms with E-state index in [9.17, 15) is 4.79 Å². The molecule has 0 aromatic heterocycles. The fraction of sp³-hybridized carbons (Fsp3) is 0.500. The van der Waals surface area contributed by atoms with Crippen molar-refractivity contribution in [3.05, 3.63) is 0 Å². The first kappa shape index (κ1) is 5.39. The highest BCUT2D eigenvalue weighted by molar-refractivity contribution is 5.67. The van der Waals surface area contributed by atoms with Crippen LogP contribution in [0.3, 0.4) is 0 Å². The van der Waals surface area contributed by atoms with Gasteiger partial charge in [0.2, 0.25) is 0 Å². The van der Waals surface area contributed by atoms with E-state index in [4.69, 9.17) is 10.4 Å². The zero-order valence-electron chi connectivity index (χ0n) is 2.92. The molecule has 0 unspecified atom stereocenters.